The van der Waals surface area contributed by atoms with E-state index < -0.39 is 0 Å². The van der Waals surface area contributed by atoms with E-state index in [-0.39, 0.29) is 23.9 Å². The molecule has 7 heteroatoms. The molecule has 1 aromatic heterocycles. The van der Waals surface area contributed by atoms with E-state index in [0.717, 1.165) is 23.7 Å². The number of benzene rings is 1. The predicted molar refractivity (Wildman–Crippen MR) is 89.4 cm³/mol. The molecule has 2 saturated heterocycles. The van der Waals surface area contributed by atoms with Crippen molar-refractivity contribution in [1.82, 2.24) is 20.0 Å². The number of likely N-dealkylation sites (tertiary alicyclic amines) is 2. The van der Waals surface area contributed by atoms with Gasteiger partial charge in [-0.1, -0.05) is 18.2 Å². The lowest BCUT2D eigenvalue weighted by Gasteiger charge is -2.35. The highest BCUT2D eigenvalue weighted by molar-refractivity contribution is 5.92. The monoisotopic (exact) mass is 325 g/mol. The highest BCUT2D eigenvalue weighted by Gasteiger charge is 2.45. The van der Waals surface area contributed by atoms with Crippen LogP contribution in [0.25, 0.3) is 10.9 Å². The fourth-order valence-corrected chi connectivity index (χ4v) is 3.70. The lowest BCUT2D eigenvalue weighted by atomic mass is 9.92. The van der Waals surface area contributed by atoms with Gasteiger partial charge in [0.15, 0.2) is 5.82 Å². The van der Waals surface area contributed by atoms with Crippen molar-refractivity contribution >= 4 is 28.7 Å². The first-order chi connectivity index (χ1) is 11.6. The van der Waals surface area contributed by atoms with Crippen molar-refractivity contribution in [2.45, 2.75) is 18.9 Å². The number of urea groups is 1. The van der Waals surface area contributed by atoms with Gasteiger partial charge in [-0.15, -0.1) is 10.2 Å². The second-order valence-electron chi connectivity index (χ2n) is 6.45. The smallest absolute Gasteiger partial charge is 0.323 e. The molecule has 124 valence electrons. The molecular formula is C17H19N5O2. The third-order valence-electron chi connectivity index (χ3n) is 4.92. The number of aromatic nitrogens is 2. The van der Waals surface area contributed by atoms with Crippen LogP contribution in [-0.2, 0) is 4.79 Å². The largest absolute Gasteiger partial charge is 0.343 e. The molecule has 0 radical (unpaired) electrons. The Kier molecular flexibility index (Phi) is 3.55. The molecule has 1 N–H and O–H groups in total. The van der Waals surface area contributed by atoms with Crippen molar-refractivity contribution in [2.75, 3.05) is 25.5 Å². The molecule has 7 nitrogen and oxygen atoms in total. The van der Waals surface area contributed by atoms with Crippen LogP contribution in [0.2, 0.25) is 0 Å². The SMILES string of the molecule is CN1C[C@@H]2[C@@H](CCCN2C(=O)Nc2cc3ccccc3nn2)C1=O. The molecule has 2 aromatic rings. The molecule has 3 amide bonds. The van der Waals surface area contributed by atoms with E-state index in [1.807, 2.05) is 30.3 Å². The maximum Gasteiger partial charge on any atom is 0.323 e. The number of nitrogens with one attached hydrogen (secondary N) is 1. The first-order valence-electron chi connectivity index (χ1n) is 8.18. The van der Waals surface area contributed by atoms with Gasteiger partial charge < -0.3 is 9.80 Å². The molecule has 4 rings (SSSR count). The van der Waals surface area contributed by atoms with Crippen LogP contribution in [-0.4, -0.2) is 58.1 Å². The van der Waals surface area contributed by atoms with Gasteiger partial charge in [0, 0.05) is 25.5 Å². The molecule has 0 aliphatic carbocycles. The maximum absolute atomic E-state index is 12.7. The molecule has 0 unspecified atom stereocenters. The van der Waals surface area contributed by atoms with Crippen molar-refractivity contribution in [1.29, 1.82) is 0 Å². The van der Waals surface area contributed by atoms with Crippen LogP contribution in [0.4, 0.5) is 10.6 Å². The standard InChI is InChI=1S/C17H19N5O2/c1-21-10-14-12(16(21)23)6-4-8-22(14)17(24)18-15-9-11-5-2-3-7-13(11)19-20-15/h2-3,5,7,9,12,14H,4,6,8,10H2,1H3,(H,18,20,24)/t12-,14-/m1/s1. The van der Waals surface area contributed by atoms with Crippen LogP contribution >= 0.6 is 0 Å². The van der Waals surface area contributed by atoms with Crippen LogP contribution in [0.1, 0.15) is 12.8 Å². The molecule has 0 spiro atoms. The molecule has 2 atom stereocenters. The normalized spacial score (nSPS) is 23.5. The van der Waals surface area contributed by atoms with Gasteiger partial charge in [0.1, 0.15) is 0 Å². The number of carbonyl (C=O) groups excluding carboxylic acids is 2. The summed E-state index contributed by atoms with van der Waals surface area (Å²) in [7, 11) is 1.80. The number of fused-ring (bicyclic) bond motifs is 2. The zero-order valence-electron chi connectivity index (χ0n) is 13.5. The Balaban J connectivity index is 1.53. The van der Waals surface area contributed by atoms with E-state index in [0.29, 0.717) is 18.9 Å². The number of amides is 3. The Bertz CT molecular complexity index is 808. The van der Waals surface area contributed by atoms with Gasteiger partial charge in [0.05, 0.1) is 17.5 Å². The fourth-order valence-electron chi connectivity index (χ4n) is 3.70. The van der Waals surface area contributed by atoms with E-state index in [9.17, 15) is 9.59 Å². The molecule has 0 bridgehead atoms. The van der Waals surface area contributed by atoms with Crippen LogP contribution in [0.15, 0.2) is 30.3 Å². The van der Waals surface area contributed by atoms with E-state index in [1.54, 1.807) is 16.8 Å². The van der Waals surface area contributed by atoms with Crippen LogP contribution in [0.5, 0.6) is 0 Å². The average Bonchev–Trinajstić information content (AvgIpc) is 2.89. The number of nitrogens with zero attached hydrogens (tertiary/aromatic N) is 4. The van der Waals surface area contributed by atoms with Crippen molar-refractivity contribution in [3.63, 3.8) is 0 Å². The van der Waals surface area contributed by atoms with Gasteiger partial charge in [-0.3, -0.25) is 10.1 Å². The molecule has 24 heavy (non-hydrogen) atoms. The molecule has 2 aliphatic heterocycles. The summed E-state index contributed by atoms with van der Waals surface area (Å²) in [6.07, 6.45) is 1.70. The summed E-state index contributed by atoms with van der Waals surface area (Å²) in [5, 5.41) is 12.0. The van der Waals surface area contributed by atoms with Crippen molar-refractivity contribution in [2.24, 2.45) is 5.92 Å². The molecule has 2 aliphatic rings. The predicted octanol–water partition coefficient (Wildman–Crippen LogP) is 1.71. The number of carbonyl (C=O) groups is 2. The molecule has 0 saturated carbocycles. The topological polar surface area (TPSA) is 78.4 Å². The second-order valence-corrected chi connectivity index (χ2v) is 6.45. The summed E-state index contributed by atoms with van der Waals surface area (Å²) in [4.78, 5) is 28.3. The highest BCUT2D eigenvalue weighted by Crippen LogP contribution is 2.31. The van der Waals surface area contributed by atoms with E-state index in [2.05, 4.69) is 15.5 Å². The number of hydrogen-bond donors (Lipinski definition) is 1. The van der Waals surface area contributed by atoms with Gasteiger partial charge in [0.25, 0.3) is 0 Å². The first-order valence-corrected chi connectivity index (χ1v) is 8.18. The Labute approximate surface area is 139 Å². The number of hydrogen-bond acceptors (Lipinski definition) is 4. The minimum Gasteiger partial charge on any atom is -0.343 e. The molecule has 3 heterocycles. The van der Waals surface area contributed by atoms with Gasteiger partial charge in [-0.2, -0.15) is 0 Å². The van der Waals surface area contributed by atoms with Gasteiger partial charge in [-0.05, 0) is 25.0 Å². The zero-order valence-corrected chi connectivity index (χ0v) is 13.5. The Morgan fingerprint density at radius 1 is 1.29 bits per heavy atom. The third kappa shape index (κ3) is 2.46. The molecule has 1 aromatic carbocycles. The fraction of sp³-hybridized carbons (Fsp3) is 0.412. The van der Waals surface area contributed by atoms with Crippen molar-refractivity contribution in [3.8, 4) is 0 Å². The number of piperidine rings is 1. The molecule has 2 fully saturated rings. The first kappa shape index (κ1) is 14.9. The van der Waals surface area contributed by atoms with E-state index in [1.165, 1.54) is 0 Å². The minimum absolute atomic E-state index is 0.0512. The number of likely N-dealkylation sites (N-methyl/N-ethyl adjacent to an activating group) is 1. The van der Waals surface area contributed by atoms with E-state index in [4.69, 9.17) is 0 Å². The van der Waals surface area contributed by atoms with Gasteiger partial charge in [-0.25, -0.2) is 4.79 Å². The third-order valence-corrected chi connectivity index (χ3v) is 4.92. The van der Waals surface area contributed by atoms with Gasteiger partial charge in [0.2, 0.25) is 5.91 Å². The summed E-state index contributed by atoms with van der Waals surface area (Å²) in [5.41, 5.74) is 0.788. The maximum atomic E-state index is 12.7. The second kappa shape index (κ2) is 5.74. The van der Waals surface area contributed by atoms with Crippen molar-refractivity contribution in [3.05, 3.63) is 30.3 Å². The van der Waals surface area contributed by atoms with Crippen LogP contribution < -0.4 is 5.32 Å². The Hall–Kier alpha value is -2.70. The molecular weight excluding hydrogens is 306 g/mol. The summed E-state index contributed by atoms with van der Waals surface area (Å²) < 4.78 is 0. The lowest BCUT2D eigenvalue weighted by molar-refractivity contribution is -0.130. The number of anilines is 1. The Morgan fingerprint density at radius 3 is 3.00 bits per heavy atom. The summed E-state index contributed by atoms with van der Waals surface area (Å²) in [5.74, 6) is 0.499. The summed E-state index contributed by atoms with van der Waals surface area (Å²) >= 11 is 0. The van der Waals surface area contributed by atoms with Crippen LogP contribution in [0.3, 0.4) is 0 Å². The quantitative estimate of drug-likeness (QED) is 0.866. The number of rotatable bonds is 1. The zero-order chi connectivity index (χ0) is 16.7. The average molecular weight is 325 g/mol. The van der Waals surface area contributed by atoms with E-state index >= 15 is 0 Å². The minimum atomic E-state index is -0.211. The van der Waals surface area contributed by atoms with Crippen LogP contribution in [0, 0.1) is 5.92 Å². The highest BCUT2D eigenvalue weighted by atomic mass is 16.2. The van der Waals surface area contributed by atoms with Crippen molar-refractivity contribution < 1.29 is 9.59 Å². The van der Waals surface area contributed by atoms with Gasteiger partial charge >= 0.3 is 6.03 Å². The summed E-state index contributed by atoms with van der Waals surface area (Å²) in [6, 6.07) is 9.18. The summed E-state index contributed by atoms with van der Waals surface area (Å²) in [6.45, 7) is 1.26. The Morgan fingerprint density at radius 2 is 2.12 bits per heavy atom. The lowest BCUT2D eigenvalue weighted by Crippen LogP contribution is -2.50.